The van der Waals surface area contributed by atoms with Gasteiger partial charge in [0.15, 0.2) is 0 Å². The minimum Gasteiger partial charge on any atom is -0.469 e. The summed E-state index contributed by atoms with van der Waals surface area (Å²) in [5, 5.41) is 10.8. The Morgan fingerprint density at radius 3 is 2.74 bits per heavy atom. The summed E-state index contributed by atoms with van der Waals surface area (Å²) in [6.07, 6.45) is 2.30. The zero-order chi connectivity index (χ0) is 14.4. The molecule has 1 rings (SSSR count). The Balaban J connectivity index is 3.16. The first-order valence-corrected chi connectivity index (χ1v) is 6.12. The number of ether oxygens (including phenoxy) is 1. The van der Waals surface area contributed by atoms with Crippen LogP contribution in [0.3, 0.4) is 0 Å². The largest absolute Gasteiger partial charge is 0.469 e. The second kappa shape index (κ2) is 6.72. The molecular formula is C13H18N2O4. The molecular weight excluding hydrogens is 248 g/mol. The number of hydrogen-bond acceptors (Lipinski definition) is 5. The number of nitro benzene ring substituents is 1. The standard InChI is InChI=1S/C13H18N2O4/c1-3-4-5-10(13(16)19-2)11-8-9(15(17)18)6-7-12(11)14/h6-8,10H,3-5,14H2,1-2H3. The van der Waals surface area contributed by atoms with Crippen LogP contribution >= 0.6 is 0 Å². The highest BCUT2D eigenvalue weighted by Gasteiger charge is 2.25. The van der Waals surface area contributed by atoms with E-state index < -0.39 is 16.8 Å². The second-order valence-corrected chi connectivity index (χ2v) is 4.29. The third-order valence-electron chi connectivity index (χ3n) is 2.99. The van der Waals surface area contributed by atoms with Crippen LogP contribution in [0, 0.1) is 10.1 Å². The van der Waals surface area contributed by atoms with Gasteiger partial charge in [0.25, 0.3) is 5.69 Å². The van der Waals surface area contributed by atoms with Crippen LogP contribution in [0.4, 0.5) is 11.4 Å². The van der Waals surface area contributed by atoms with Crippen molar-refractivity contribution in [3.05, 3.63) is 33.9 Å². The highest BCUT2D eigenvalue weighted by Crippen LogP contribution is 2.31. The molecule has 2 N–H and O–H groups in total. The van der Waals surface area contributed by atoms with Crippen molar-refractivity contribution in [3.8, 4) is 0 Å². The van der Waals surface area contributed by atoms with Crippen molar-refractivity contribution in [1.29, 1.82) is 0 Å². The molecule has 0 aliphatic carbocycles. The summed E-state index contributed by atoms with van der Waals surface area (Å²) in [5.74, 6) is -0.967. The number of nitrogens with two attached hydrogens (primary N) is 1. The molecule has 0 radical (unpaired) electrons. The molecule has 0 spiro atoms. The Kier molecular flexibility index (Phi) is 5.29. The number of non-ortho nitro benzene ring substituents is 1. The van der Waals surface area contributed by atoms with Crippen molar-refractivity contribution in [2.75, 3.05) is 12.8 Å². The summed E-state index contributed by atoms with van der Waals surface area (Å²) in [4.78, 5) is 22.1. The van der Waals surface area contributed by atoms with Crippen LogP contribution in [0.25, 0.3) is 0 Å². The smallest absolute Gasteiger partial charge is 0.313 e. The summed E-state index contributed by atoms with van der Waals surface area (Å²) < 4.78 is 4.75. The van der Waals surface area contributed by atoms with Gasteiger partial charge in [-0.2, -0.15) is 0 Å². The van der Waals surface area contributed by atoms with E-state index >= 15 is 0 Å². The van der Waals surface area contributed by atoms with E-state index in [0.29, 0.717) is 17.7 Å². The number of hydrogen-bond donors (Lipinski definition) is 1. The Labute approximate surface area is 111 Å². The van der Waals surface area contributed by atoms with E-state index in [1.807, 2.05) is 6.92 Å². The van der Waals surface area contributed by atoms with Crippen molar-refractivity contribution >= 4 is 17.3 Å². The maximum Gasteiger partial charge on any atom is 0.313 e. The van der Waals surface area contributed by atoms with Gasteiger partial charge < -0.3 is 10.5 Å². The molecule has 0 heterocycles. The van der Waals surface area contributed by atoms with Crippen LogP contribution in [0.2, 0.25) is 0 Å². The minimum absolute atomic E-state index is 0.0744. The second-order valence-electron chi connectivity index (χ2n) is 4.29. The minimum atomic E-state index is -0.551. The van der Waals surface area contributed by atoms with Gasteiger partial charge in [-0.25, -0.2) is 0 Å². The van der Waals surface area contributed by atoms with Crippen molar-refractivity contribution in [2.45, 2.75) is 32.1 Å². The lowest BCUT2D eigenvalue weighted by Crippen LogP contribution is -2.16. The summed E-state index contributed by atoms with van der Waals surface area (Å²) in [7, 11) is 1.30. The molecule has 0 aromatic heterocycles. The van der Waals surface area contributed by atoms with Gasteiger partial charge in [-0.3, -0.25) is 14.9 Å². The Morgan fingerprint density at radius 1 is 1.53 bits per heavy atom. The fraction of sp³-hybridized carbons (Fsp3) is 0.462. The summed E-state index contributed by atoms with van der Waals surface area (Å²) >= 11 is 0. The number of unbranched alkanes of at least 4 members (excludes halogenated alkanes) is 1. The lowest BCUT2D eigenvalue weighted by molar-refractivity contribution is -0.384. The predicted octanol–water partition coefficient (Wildman–Crippen LogP) is 2.62. The van der Waals surface area contributed by atoms with E-state index in [9.17, 15) is 14.9 Å². The van der Waals surface area contributed by atoms with Crippen molar-refractivity contribution in [2.24, 2.45) is 0 Å². The first kappa shape index (κ1) is 14.9. The number of nitrogens with zero attached hydrogens (tertiary/aromatic N) is 1. The van der Waals surface area contributed by atoms with Crippen molar-refractivity contribution in [3.63, 3.8) is 0 Å². The Bertz CT molecular complexity index is 474. The molecule has 0 aliphatic rings. The zero-order valence-electron chi connectivity index (χ0n) is 11.1. The van der Waals surface area contributed by atoms with E-state index in [4.69, 9.17) is 10.5 Å². The number of benzene rings is 1. The highest BCUT2D eigenvalue weighted by molar-refractivity contribution is 5.80. The van der Waals surface area contributed by atoms with E-state index in [0.717, 1.165) is 12.8 Å². The quantitative estimate of drug-likeness (QED) is 0.369. The molecule has 104 valence electrons. The van der Waals surface area contributed by atoms with Crippen molar-refractivity contribution < 1.29 is 14.5 Å². The molecule has 1 atom stereocenters. The lowest BCUT2D eigenvalue weighted by Gasteiger charge is -2.16. The fourth-order valence-electron chi connectivity index (χ4n) is 1.93. The SMILES string of the molecule is CCCCC(C(=O)OC)c1cc([N+](=O)[O-])ccc1N. The molecule has 0 saturated carbocycles. The predicted molar refractivity (Wildman–Crippen MR) is 71.8 cm³/mol. The van der Waals surface area contributed by atoms with Gasteiger partial charge in [0.2, 0.25) is 0 Å². The summed E-state index contributed by atoms with van der Waals surface area (Å²) in [5.41, 5.74) is 6.59. The first-order valence-electron chi connectivity index (χ1n) is 6.12. The molecule has 19 heavy (non-hydrogen) atoms. The van der Waals surface area contributed by atoms with E-state index in [2.05, 4.69) is 0 Å². The molecule has 0 bridgehead atoms. The Hall–Kier alpha value is -2.11. The average Bonchev–Trinajstić information content (AvgIpc) is 2.40. The summed E-state index contributed by atoms with van der Waals surface area (Å²) in [6, 6.07) is 4.13. The van der Waals surface area contributed by atoms with Crippen LogP contribution < -0.4 is 5.73 Å². The van der Waals surface area contributed by atoms with Gasteiger partial charge in [-0.15, -0.1) is 0 Å². The number of nitro groups is 1. The van der Waals surface area contributed by atoms with E-state index in [1.54, 1.807) is 0 Å². The van der Waals surface area contributed by atoms with Crippen LogP contribution in [0.15, 0.2) is 18.2 Å². The molecule has 6 nitrogen and oxygen atoms in total. The third-order valence-corrected chi connectivity index (χ3v) is 2.99. The van der Waals surface area contributed by atoms with Crippen LogP contribution in [0.5, 0.6) is 0 Å². The molecule has 1 aromatic rings. The zero-order valence-corrected chi connectivity index (χ0v) is 11.1. The van der Waals surface area contributed by atoms with Gasteiger partial charge in [-0.1, -0.05) is 19.8 Å². The third kappa shape index (κ3) is 3.67. The van der Waals surface area contributed by atoms with Gasteiger partial charge in [0.05, 0.1) is 18.0 Å². The molecule has 0 aliphatic heterocycles. The number of carbonyl (C=O) groups excluding carboxylic acids is 1. The maximum absolute atomic E-state index is 11.8. The van der Waals surface area contributed by atoms with E-state index in [-0.39, 0.29) is 5.69 Å². The number of anilines is 1. The number of methoxy groups -OCH3 is 1. The fourth-order valence-corrected chi connectivity index (χ4v) is 1.93. The summed E-state index contributed by atoms with van der Waals surface area (Å²) in [6.45, 7) is 2.01. The first-order chi connectivity index (χ1) is 9.01. The topological polar surface area (TPSA) is 95.5 Å². The van der Waals surface area contributed by atoms with E-state index in [1.165, 1.54) is 25.3 Å². The molecule has 0 fully saturated rings. The van der Waals surface area contributed by atoms with Crippen molar-refractivity contribution in [1.82, 2.24) is 0 Å². The molecule has 1 aromatic carbocycles. The number of nitrogen functional groups attached to an aromatic ring is 1. The molecule has 6 heteroatoms. The monoisotopic (exact) mass is 266 g/mol. The van der Waals surface area contributed by atoms with Crippen LogP contribution in [-0.4, -0.2) is 18.0 Å². The molecule has 0 amide bonds. The van der Waals surface area contributed by atoms with Crippen LogP contribution in [-0.2, 0) is 9.53 Å². The van der Waals surface area contributed by atoms with Gasteiger partial charge in [0, 0.05) is 17.8 Å². The highest BCUT2D eigenvalue weighted by atomic mass is 16.6. The normalized spacial score (nSPS) is 11.9. The van der Waals surface area contributed by atoms with Gasteiger partial charge in [0.1, 0.15) is 0 Å². The number of carbonyl (C=O) groups is 1. The maximum atomic E-state index is 11.8. The number of esters is 1. The molecule has 1 unspecified atom stereocenters. The average molecular weight is 266 g/mol. The number of rotatable bonds is 6. The van der Waals surface area contributed by atoms with Gasteiger partial charge in [-0.05, 0) is 18.1 Å². The lowest BCUT2D eigenvalue weighted by atomic mass is 9.92. The van der Waals surface area contributed by atoms with Gasteiger partial charge >= 0.3 is 5.97 Å². The Morgan fingerprint density at radius 2 is 2.21 bits per heavy atom. The molecule has 0 saturated heterocycles. The van der Waals surface area contributed by atoms with Crippen LogP contribution in [0.1, 0.15) is 37.7 Å².